The number of hydrogen-bond acceptors (Lipinski definition) is 4. The van der Waals surface area contributed by atoms with E-state index in [0.29, 0.717) is 24.5 Å². The number of aromatic nitrogens is 2. The van der Waals surface area contributed by atoms with E-state index in [2.05, 4.69) is 10.4 Å². The highest BCUT2D eigenvalue weighted by atomic mass is 19.4. The first-order valence-electron chi connectivity index (χ1n) is 6.03. The molecule has 0 saturated heterocycles. The number of benzene rings is 1. The summed E-state index contributed by atoms with van der Waals surface area (Å²) in [4.78, 5) is 0. The molecule has 0 radical (unpaired) electrons. The van der Waals surface area contributed by atoms with Crippen LogP contribution in [0.5, 0.6) is 0 Å². The fourth-order valence-electron chi connectivity index (χ4n) is 1.81. The van der Waals surface area contributed by atoms with Crippen molar-refractivity contribution in [3.8, 4) is 6.07 Å². The molecule has 0 amide bonds. The summed E-state index contributed by atoms with van der Waals surface area (Å²) in [5.41, 5.74) is 5.15. The number of nitrogen functional groups attached to an aromatic ring is 1. The Morgan fingerprint density at radius 2 is 2.14 bits per heavy atom. The predicted octanol–water partition coefficient (Wildman–Crippen LogP) is 2.47. The Labute approximate surface area is 118 Å². The Kier molecular flexibility index (Phi) is 4.03. The summed E-state index contributed by atoms with van der Waals surface area (Å²) in [5.74, 6) is 0. The second-order valence-electron chi connectivity index (χ2n) is 4.33. The predicted molar refractivity (Wildman–Crippen MR) is 71.3 cm³/mol. The summed E-state index contributed by atoms with van der Waals surface area (Å²) >= 11 is 0. The largest absolute Gasteiger partial charge is 0.417 e. The summed E-state index contributed by atoms with van der Waals surface area (Å²) in [6.07, 6.45) is -1.38. The molecule has 0 bridgehead atoms. The Morgan fingerprint density at radius 1 is 1.38 bits per heavy atom. The van der Waals surface area contributed by atoms with Crippen molar-refractivity contribution in [1.82, 2.24) is 9.78 Å². The van der Waals surface area contributed by atoms with Crippen LogP contribution >= 0.6 is 0 Å². The molecule has 21 heavy (non-hydrogen) atoms. The van der Waals surface area contributed by atoms with Crippen molar-refractivity contribution >= 4 is 11.4 Å². The van der Waals surface area contributed by atoms with Crippen molar-refractivity contribution in [3.63, 3.8) is 0 Å². The summed E-state index contributed by atoms with van der Waals surface area (Å²) in [7, 11) is 0. The van der Waals surface area contributed by atoms with E-state index < -0.39 is 17.3 Å². The lowest BCUT2D eigenvalue weighted by atomic mass is 10.1. The van der Waals surface area contributed by atoms with Crippen LogP contribution in [0, 0.1) is 11.3 Å². The van der Waals surface area contributed by atoms with Gasteiger partial charge in [0.15, 0.2) is 0 Å². The van der Waals surface area contributed by atoms with E-state index in [9.17, 15) is 13.2 Å². The second kappa shape index (κ2) is 5.75. The van der Waals surface area contributed by atoms with Gasteiger partial charge in [-0.1, -0.05) is 0 Å². The molecule has 1 aromatic heterocycles. The van der Waals surface area contributed by atoms with E-state index in [0.717, 1.165) is 6.07 Å². The van der Waals surface area contributed by atoms with Crippen molar-refractivity contribution in [3.05, 3.63) is 41.7 Å². The van der Waals surface area contributed by atoms with Crippen LogP contribution < -0.4 is 11.1 Å². The third-order valence-electron chi connectivity index (χ3n) is 2.77. The molecule has 2 rings (SSSR count). The zero-order valence-corrected chi connectivity index (χ0v) is 10.9. The van der Waals surface area contributed by atoms with E-state index in [1.165, 1.54) is 18.3 Å². The van der Waals surface area contributed by atoms with Gasteiger partial charge in [0, 0.05) is 18.4 Å². The van der Waals surface area contributed by atoms with E-state index in [4.69, 9.17) is 11.0 Å². The minimum atomic E-state index is -4.53. The van der Waals surface area contributed by atoms with Crippen LogP contribution in [0.3, 0.4) is 0 Å². The zero-order chi connectivity index (χ0) is 15.5. The summed E-state index contributed by atoms with van der Waals surface area (Å²) < 4.78 is 39.6. The molecule has 0 spiro atoms. The van der Waals surface area contributed by atoms with E-state index in [1.807, 2.05) is 0 Å². The van der Waals surface area contributed by atoms with Crippen molar-refractivity contribution in [2.75, 3.05) is 17.6 Å². The van der Waals surface area contributed by atoms with Gasteiger partial charge in [0.1, 0.15) is 0 Å². The number of rotatable bonds is 4. The van der Waals surface area contributed by atoms with Gasteiger partial charge in [0.25, 0.3) is 0 Å². The van der Waals surface area contributed by atoms with Crippen LogP contribution in [-0.2, 0) is 12.7 Å². The third kappa shape index (κ3) is 3.66. The summed E-state index contributed by atoms with van der Waals surface area (Å²) in [5, 5.41) is 15.7. The van der Waals surface area contributed by atoms with Crippen molar-refractivity contribution in [1.29, 1.82) is 5.26 Å². The zero-order valence-electron chi connectivity index (χ0n) is 10.9. The monoisotopic (exact) mass is 295 g/mol. The van der Waals surface area contributed by atoms with Gasteiger partial charge >= 0.3 is 6.18 Å². The molecule has 0 aliphatic heterocycles. The quantitative estimate of drug-likeness (QED) is 0.908. The Morgan fingerprint density at radius 3 is 2.71 bits per heavy atom. The molecule has 0 fully saturated rings. The van der Waals surface area contributed by atoms with Gasteiger partial charge in [0.05, 0.1) is 35.6 Å². The van der Waals surface area contributed by atoms with Crippen molar-refractivity contribution in [2.45, 2.75) is 12.7 Å². The number of nitrogens with zero attached hydrogens (tertiary/aromatic N) is 3. The average Bonchev–Trinajstić information content (AvgIpc) is 2.83. The number of halogens is 3. The molecule has 1 heterocycles. The lowest BCUT2D eigenvalue weighted by Gasteiger charge is -2.11. The lowest BCUT2D eigenvalue weighted by molar-refractivity contribution is -0.137. The topological polar surface area (TPSA) is 79.7 Å². The lowest BCUT2D eigenvalue weighted by Crippen LogP contribution is -2.12. The highest BCUT2D eigenvalue weighted by Crippen LogP contribution is 2.32. The van der Waals surface area contributed by atoms with E-state index >= 15 is 0 Å². The molecular formula is C13H12F3N5. The molecule has 3 N–H and O–H groups in total. The Bertz CT molecular complexity index is 669. The molecule has 8 heteroatoms. The Balaban J connectivity index is 2.03. The van der Waals surface area contributed by atoms with Crippen LogP contribution in [0.2, 0.25) is 0 Å². The number of anilines is 2. The fraction of sp³-hybridized carbons (Fsp3) is 0.231. The average molecular weight is 295 g/mol. The minimum absolute atomic E-state index is 0.407. The number of nitrogens with two attached hydrogens (primary N) is 1. The van der Waals surface area contributed by atoms with Gasteiger partial charge in [-0.3, -0.25) is 4.68 Å². The van der Waals surface area contributed by atoms with Gasteiger partial charge in [0.2, 0.25) is 0 Å². The Hall–Kier alpha value is -2.69. The molecule has 1 aromatic carbocycles. The van der Waals surface area contributed by atoms with Crippen LogP contribution in [0.4, 0.5) is 24.5 Å². The summed E-state index contributed by atoms with van der Waals surface area (Å²) in [6.45, 7) is 0.942. The smallest absolute Gasteiger partial charge is 0.396 e. The van der Waals surface area contributed by atoms with E-state index in [1.54, 1.807) is 16.9 Å². The van der Waals surface area contributed by atoms with Gasteiger partial charge < -0.3 is 11.1 Å². The van der Waals surface area contributed by atoms with Gasteiger partial charge in [-0.25, -0.2) is 0 Å². The molecule has 2 aromatic rings. The summed E-state index contributed by atoms with van der Waals surface area (Å²) in [6, 6.07) is 4.93. The first kappa shape index (κ1) is 14.7. The van der Waals surface area contributed by atoms with Crippen LogP contribution in [-0.4, -0.2) is 16.3 Å². The number of nitriles is 1. The molecule has 0 unspecified atom stereocenters. The minimum Gasteiger partial charge on any atom is -0.396 e. The molecule has 0 saturated carbocycles. The maximum atomic E-state index is 12.6. The van der Waals surface area contributed by atoms with Crippen LogP contribution in [0.1, 0.15) is 11.1 Å². The van der Waals surface area contributed by atoms with E-state index in [-0.39, 0.29) is 0 Å². The standard InChI is InChI=1S/C13H12F3N5/c14-13(15,16)12-2-1-11(5-9(12)6-17)19-3-4-21-8-10(18)7-20-21/h1-2,5,7-8,19H,3-4,18H2. The fourth-order valence-corrected chi connectivity index (χ4v) is 1.81. The maximum absolute atomic E-state index is 12.6. The number of hydrogen-bond donors (Lipinski definition) is 2. The third-order valence-corrected chi connectivity index (χ3v) is 2.77. The van der Waals surface area contributed by atoms with Crippen LogP contribution in [0.25, 0.3) is 0 Å². The number of nitrogens with one attached hydrogen (secondary N) is 1. The number of alkyl halides is 3. The molecule has 0 atom stereocenters. The van der Waals surface area contributed by atoms with Crippen molar-refractivity contribution in [2.24, 2.45) is 0 Å². The van der Waals surface area contributed by atoms with Gasteiger partial charge in [-0.2, -0.15) is 23.5 Å². The molecule has 0 aliphatic rings. The SMILES string of the molecule is N#Cc1cc(NCCn2cc(N)cn2)ccc1C(F)(F)F. The normalized spacial score (nSPS) is 11.1. The second-order valence-corrected chi connectivity index (χ2v) is 4.33. The maximum Gasteiger partial charge on any atom is 0.417 e. The highest BCUT2D eigenvalue weighted by molar-refractivity contribution is 5.53. The molecular weight excluding hydrogens is 283 g/mol. The van der Waals surface area contributed by atoms with Gasteiger partial charge in [-0.15, -0.1) is 0 Å². The van der Waals surface area contributed by atoms with Gasteiger partial charge in [-0.05, 0) is 18.2 Å². The van der Waals surface area contributed by atoms with Crippen molar-refractivity contribution < 1.29 is 13.2 Å². The first-order valence-corrected chi connectivity index (χ1v) is 6.03. The highest BCUT2D eigenvalue weighted by Gasteiger charge is 2.33. The molecule has 5 nitrogen and oxygen atoms in total. The molecule has 110 valence electrons. The van der Waals surface area contributed by atoms with Crippen LogP contribution in [0.15, 0.2) is 30.6 Å². The molecule has 0 aliphatic carbocycles. The first-order chi connectivity index (χ1) is 9.90.